The van der Waals surface area contributed by atoms with Gasteiger partial charge >= 0.3 is 12.1 Å². The predicted octanol–water partition coefficient (Wildman–Crippen LogP) is 3.55. The number of oxazole rings is 2. The zero-order valence-electron chi connectivity index (χ0n) is 17.3. The number of esters is 1. The van der Waals surface area contributed by atoms with Crippen LogP contribution in [0.15, 0.2) is 21.4 Å². The van der Waals surface area contributed by atoms with Gasteiger partial charge in [0.05, 0.1) is 13.2 Å². The van der Waals surface area contributed by atoms with Gasteiger partial charge in [0.25, 0.3) is 0 Å². The van der Waals surface area contributed by atoms with Crippen LogP contribution in [0.5, 0.6) is 0 Å². The molecule has 0 spiro atoms. The van der Waals surface area contributed by atoms with Crippen molar-refractivity contribution in [3.8, 4) is 11.6 Å². The Balaban J connectivity index is 1.83. The summed E-state index contributed by atoms with van der Waals surface area (Å²) in [5.41, 5.74) is -1.25. The fourth-order valence-corrected chi connectivity index (χ4v) is 2.87. The molecule has 0 radical (unpaired) electrons. The minimum atomic E-state index is -0.901. The Kier molecular flexibility index (Phi) is 5.40. The largest absolute Gasteiger partial charge is 0.461 e. The Hall–Kier alpha value is -2.88. The highest BCUT2D eigenvalue weighted by Crippen LogP contribution is 2.38. The van der Waals surface area contributed by atoms with Crippen LogP contribution in [0, 0.1) is 0 Å². The van der Waals surface area contributed by atoms with Crippen LogP contribution in [0.4, 0.5) is 4.79 Å². The first kappa shape index (κ1) is 20.8. The van der Waals surface area contributed by atoms with Crippen LogP contribution in [0.3, 0.4) is 0 Å². The normalized spacial score (nSPS) is 18.7. The van der Waals surface area contributed by atoms with Gasteiger partial charge in [-0.15, -0.1) is 0 Å². The molecule has 10 nitrogen and oxygen atoms in total. The number of carbonyl (C=O) groups excluding carboxylic acids is 2. The fourth-order valence-electron chi connectivity index (χ4n) is 2.87. The predicted molar refractivity (Wildman–Crippen MR) is 98.8 cm³/mol. The van der Waals surface area contributed by atoms with Gasteiger partial charge in [-0.3, -0.25) is 4.90 Å². The van der Waals surface area contributed by atoms with Crippen LogP contribution in [-0.2, 0) is 14.2 Å². The third kappa shape index (κ3) is 4.42. The zero-order chi connectivity index (χ0) is 21.4. The molecule has 10 heteroatoms. The van der Waals surface area contributed by atoms with Gasteiger partial charge < -0.3 is 23.0 Å². The number of hydrogen-bond acceptors (Lipinski definition) is 9. The number of nitrogens with zero attached hydrogens (tertiary/aromatic N) is 3. The number of ether oxygens (including phenoxy) is 3. The molecule has 0 bridgehead atoms. The molecule has 0 aliphatic carbocycles. The third-order valence-electron chi connectivity index (χ3n) is 4.09. The minimum Gasteiger partial charge on any atom is -0.461 e. The minimum absolute atomic E-state index is 0.0344. The van der Waals surface area contributed by atoms with Gasteiger partial charge in [0.15, 0.2) is 11.4 Å². The standard InChI is InChI=1S/C19H25N3O7/c1-7-25-16(23)12-9-26-14(21-12)11-8-27-15(20-11)13-10-28-19(5,6)22(13)17(24)29-18(2,3)4/h8-9,13H,7,10H2,1-6H3/t13-/m0/s1. The van der Waals surface area contributed by atoms with Gasteiger partial charge in [0.1, 0.15) is 29.9 Å². The van der Waals surface area contributed by atoms with E-state index < -0.39 is 29.4 Å². The van der Waals surface area contributed by atoms with Crippen molar-refractivity contribution in [1.82, 2.24) is 14.9 Å². The maximum Gasteiger partial charge on any atom is 0.413 e. The average Bonchev–Trinajstić information content (AvgIpc) is 3.29. The molecule has 1 atom stereocenters. The Bertz CT molecular complexity index is 894. The Morgan fingerprint density at radius 3 is 2.62 bits per heavy atom. The molecular formula is C19H25N3O7. The average molecular weight is 407 g/mol. The lowest BCUT2D eigenvalue weighted by Gasteiger charge is -2.34. The molecule has 1 fully saturated rings. The van der Waals surface area contributed by atoms with Crippen LogP contribution >= 0.6 is 0 Å². The van der Waals surface area contributed by atoms with E-state index in [4.69, 9.17) is 23.0 Å². The second-order valence-electron chi connectivity index (χ2n) is 7.95. The number of rotatable bonds is 4. The van der Waals surface area contributed by atoms with Crippen molar-refractivity contribution in [2.45, 2.75) is 58.9 Å². The topological polar surface area (TPSA) is 117 Å². The summed E-state index contributed by atoms with van der Waals surface area (Å²) in [5.74, 6) is -0.245. The summed E-state index contributed by atoms with van der Waals surface area (Å²) in [7, 11) is 0. The van der Waals surface area contributed by atoms with E-state index in [0.717, 1.165) is 0 Å². The molecule has 1 aliphatic rings. The van der Waals surface area contributed by atoms with E-state index in [1.807, 2.05) is 0 Å². The van der Waals surface area contributed by atoms with Crippen molar-refractivity contribution < 1.29 is 32.6 Å². The summed E-state index contributed by atoms with van der Waals surface area (Å²) in [5, 5.41) is 0. The smallest absolute Gasteiger partial charge is 0.413 e. The number of aromatic nitrogens is 2. The first-order valence-corrected chi connectivity index (χ1v) is 9.26. The summed E-state index contributed by atoms with van der Waals surface area (Å²) in [6.45, 7) is 11.0. The van der Waals surface area contributed by atoms with E-state index in [2.05, 4.69) is 9.97 Å². The quantitative estimate of drug-likeness (QED) is 0.701. The van der Waals surface area contributed by atoms with Crippen molar-refractivity contribution in [3.63, 3.8) is 0 Å². The van der Waals surface area contributed by atoms with Crippen LogP contribution in [-0.4, -0.2) is 51.5 Å². The second kappa shape index (κ2) is 7.51. The SMILES string of the molecule is CCOC(=O)c1coc(-c2coc([C@@H]3COC(C)(C)N3C(=O)OC(C)(C)C)n2)n1. The lowest BCUT2D eigenvalue weighted by Crippen LogP contribution is -2.47. The third-order valence-corrected chi connectivity index (χ3v) is 4.09. The zero-order valence-corrected chi connectivity index (χ0v) is 17.3. The molecule has 0 aromatic carbocycles. The van der Waals surface area contributed by atoms with Crippen molar-refractivity contribution in [3.05, 3.63) is 24.1 Å². The molecule has 158 valence electrons. The monoisotopic (exact) mass is 407 g/mol. The van der Waals surface area contributed by atoms with Crippen LogP contribution in [0.25, 0.3) is 11.6 Å². The highest BCUT2D eigenvalue weighted by molar-refractivity contribution is 5.87. The highest BCUT2D eigenvalue weighted by atomic mass is 16.6. The molecule has 2 aromatic heterocycles. The first-order valence-electron chi connectivity index (χ1n) is 9.26. The lowest BCUT2D eigenvalue weighted by molar-refractivity contribution is -0.0634. The van der Waals surface area contributed by atoms with Gasteiger partial charge in [-0.05, 0) is 41.5 Å². The van der Waals surface area contributed by atoms with E-state index in [1.54, 1.807) is 41.5 Å². The van der Waals surface area contributed by atoms with Gasteiger partial charge in [-0.1, -0.05) is 0 Å². The molecule has 3 heterocycles. The maximum atomic E-state index is 12.7. The van der Waals surface area contributed by atoms with Crippen LogP contribution in [0.1, 0.15) is 64.0 Å². The molecule has 0 unspecified atom stereocenters. The van der Waals surface area contributed by atoms with Crippen molar-refractivity contribution in [1.29, 1.82) is 0 Å². The van der Waals surface area contributed by atoms with E-state index in [0.29, 0.717) is 0 Å². The Morgan fingerprint density at radius 2 is 1.97 bits per heavy atom. The molecule has 1 amide bonds. The van der Waals surface area contributed by atoms with E-state index in [1.165, 1.54) is 17.4 Å². The fraction of sp³-hybridized carbons (Fsp3) is 0.579. The number of carbonyl (C=O) groups is 2. The van der Waals surface area contributed by atoms with Gasteiger partial charge in [0.2, 0.25) is 11.8 Å². The van der Waals surface area contributed by atoms with E-state index in [-0.39, 0.29) is 36.4 Å². The number of amides is 1. The maximum absolute atomic E-state index is 12.7. The summed E-state index contributed by atoms with van der Waals surface area (Å²) in [6, 6.07) is -0.590. The molecule has 0 saturated carbocycles. The Labute approximate surface area is 168 Å². The summed E-state index contributed by atoms with van der Waals surface area (Å²) in [4.78, 5) is 34.4. The first-order chi connectivity index (χ1) is 13.5. The highest BCUT2D eigenvalue weighted by Gasteiger charge is 2.48. The molecular weight excluding hydrogens is 382 g/mol. The molecule has 1 aliphatic heterocycles. The van der Waals surface area contributed by atoms with Crippen molar-refractivity contribution in [2.24, 2.45) is 0 Å². The Morgan fingerprint density at radius 1 is 1.24 bits per heavy atom. The van der Waals surface area contributed by atoms with Crippen molar-refractivity contribution in [2.75, 3.05) is 13.2 Å². The van der Waals surface area contributed by atoms with Gasteiger partial charge in [0, 0.05) is 0 Å². The van der Waals surface area contributed by atoms with Gasteiger partial charge in [-0.2, -0.15) is 0 Å². The summed E-state index contributed by atoms with van der Waals surface area (Å²) in [6.07, 6.45) is 2.00. The van der Waals surface area contributed by atoms with Crippen LogP contribution in [0.2, 0.25) is 0 Å². The van der Waals surface area contributed by atoms with E-state index >= 15 is 0 Å². The van der Waals surface area contributed by atoms with E-state index in [9.17, 15) is 9.59 Å². The molecule has 1 saturated heterocycles. The summed E-state index contributed by atoms with van der Waals surface area (Å²) < 4.78 is 27.0. The van der Waals surface area contributed by atoms with Crippen molar-refractivity contribution >= 4 is 12.1 Å². The lowest BCUT2D eigenvalue weighted by atomic mass is 10.2. The summed E-state index contributed by atoms with van der Waals surface area (Å²) >= 11 is 0. The molecule has 3 rings (SSSR count). The number of hydrogen-bond donors (Lipinski definition) is 0. The second-order valence-corrected chi connectivity index (χ2v) is 7.95. The molecule has 0 N–H and O–H groups in total. The van der Waals surface area contributed by atoms with Gasteiger partial charge in [-0.25, -0.2) is 19.6 Å². The van der Waals surface area contributed by atoms with Crippen LogP contribution < -0.4 is 0 Å². The molecule has 2 aromatic rings. The molecule has 29 heavy (non-hydrogen) atoms.